The van der Waals surface area contributed by atoms with Gasteiger partial charge in [-0.3, -0.25) is 0 Å². The van der Waals surface area contributed by atoms with Crippen molar-refractivity contribution in [1.29, 1.82) is 0 Å². The van der Waals surface area contributed by atoms with Crippen LogP contribution in [0.2, 0.25) is 0 Å². The summed E-state index contributed by atoms with van der Waals surface area (Å²) in [6, 6.07) is 4.17. The summed E-state index contributed by atoms with van der Waals surface area (Å²) in [6.07, 6.45) is 2.06. The van der Waals surface area contributed by atoms with E-state index in [0.29, 0.717) is 0 Å². The molecule has 0 aromatic carbocycles. The molecule has 1 rings (SSSR count). The first-order valence-electron chi connectivity index (χ1n) is 2.64. The van der Waals surface area contributed by atoms with Crippen LogP contribution in [0.3, 0.4) is 0 Å². The van der Waals surface area contributed by atoms with E-state index in [2.05, 4.69) is 39.3 Å². The van der Waals surface area contributed by atoms with Gasteiger partial charge in [0.2, 0.25) is 0 Å². The van der Waals surface area contributed by atoms with Gasteiger partial charge in [-0.25, -0.2) is 0 Å². The average Bonchev–Trinajstić information content (AvgIpc) is 2.34. The molecule has 0 radical (unpaired) electrons. The van der Waals surface area contributed by atoms with E-state index >= 15 is 0 Å². The summed E-state index contributed by atoms with van der Waals surface area (Å²) < 4.78 is 0. The Morgan fingerprint density at radius 2 is 2.44 bits per heavy atom. The number of aromatic nitrogens is 1. The van der Waals surface area contributed by atoms with Crippen LogP contribution < -0.4 is 0 Å². The minimum absolute atomic E-state index is 0.910. The molecule has 0 unspecified atom stereocenters. The van der Waals surface area contributed by atoms with Crippen LogP contribution in [0.15, 0.2) is 17.2 Å². The van der Waals surface area contributed by atoms with Gasteiger partial charge in [-0.2, -0.15) is 0 Å². The molecule has 0 spiro atoms. The van der Waals surface area contributed by atoms with Gasteiger partial charge < -0.3 is 4.98 Å². The highest BCUT2D eigenvalue weighted by atomic mass is 79.9. The molecule has 1 aromatic rings. The van der Waals surface area contributed by atoms with Gasteiger partial charge in [-0.05, 0) is 18.4 Å². The van der Waals surface area contributed by atoms with Gasteiger partial charge in [0.05, 0.1) is 5.03 Å². The molecule has 0 aliphatic heterocycles. The molecule has 0 aliphatic carbocycles. The van der Waals surface area contributed by atoms with Crippen molar-refractivity contribution in [2.75, 3.05) is 6.26 Å². The van der Waals surface area contributed by atoms with Gasteiger partial charge in [0.15, 0.2) is 0 Å². The molecule has 1 nitrogen and oxygen atoms in total. The lowest BCUT2D eigenvalue weighted by molar-refractivity contribution is 1.13. The van der Waals surface area contributed by atoms with Crippen LogP contribution in [-0.4, -0.2) is 11.2 Å². The highest BCUT2D eigenvalue weighted by Gasteiger charge is 1.92. The fourth-order valence-corrected chi connectivity index (χ4v) is 1.38. The topological polar surface area (TPSA) is 15.8 Å². The van der Waals surface area contributed by atoms with Crippen molar-refractivity contribution in [2.45, 2.75) is 10.4 Å². The summed E-state index contributed by atoms with van der Waals surface area (Å²) in [4.78, 5) is 3.23. The van der Waals surface area contributed by atoms with Crippen molar-refractivity contribution >= 4 is 27.7 Å². The molecule has 1 heterocycles. The largest absolute Gasteiger partial charge is 0.353 e. The number of H-pyrrole nitrogens is 1. The quantitative estimate of drug-likeness (QED) is 0.580. The van der Waals surface area contributed by atoms with E-state index in [1.165, 1.54) is 10.7 Å². The predicted molar refractivity (Wildman–Crippen MR) is 45.2 cm³/mol. The molecule has 1 aromatic heterocycles. The zero-order chi connectivity index (χ0) is 6.69. The van der Waals surface area contributed by atoms with Crippen LogP contribution in [0.4, 0.5) is 0 Å². The molecular formula is C6H8BrNS. The molecule has 0 saturated carbocycles. The van der Waals surface area contributed by atoms with E-state index in [1.807, 2.05) is 0 Å². The summed E-state index contributed by atoms with van der Waals surface area (Å²) >= 11 is 5.09. The van der Waals surface area contributed by atoms with Crippen molar-refractivity contribution in [3.63, 3.8) is 0 Å². The number of rotatable bonds is 2. The molecule has 3 heteroatoms. The molecule has 0 fully saturated rings. The maximum Gasteiger partial charge on any atom is 0.0721 e. The smallest absolute Gasteiger partial charge is 0.0721 e. The molecule has 0 amide bonds. The number of aromatic amines is 1. The number of nitrogens with one attached hydrogen (secondary N) is 1. The number of halogens is 1. The standard InChI is InChI=1S/C6H8BrNS/c1-9-6-3-2-5(4-7)8-6/h2-3,8H,4H2,1H3. The first kappa shape index (κ1) is 7.22. The van der Waals surface area contributed by atoms with E-state index in [-0.39, 0.29) is 0 Å². The second-order valence-corrected chi connectivity index (χ2v) is 3.09. The Morgan fingerprint density at radius 1 is 1.67 bits per heavy atom. The van der Waals surface area contributed by atoms with Crippen LogP contribution >= 0.6 is 27.7 Å². The SMILES string of the molecule is CSc1ccc(CBr)[nH]1. The van der Waals surface area contributed by atoms with Crippen molar-refractivity contribution in [2.24, 2.45) is 0 Å². The lowest BCUT2D eigenvalue weighted by Gasteiger charge is -1.87. The monoisotopic (exact) mass is 205 g/mol. The highest BCUT2D eigenvalue weighted by Crippen LogP contribution is 2.14. The highest BCUT2D eigenvalue weighted by molar-refractivity contribution is 9.08. The van der Waals surface area contributed by atoms with E-state index in [0.717, 1.165) is 5.33 Å². The Labute approximate surface area is 67.4 Å². The zero-order valence-corrected chi connectivity index (χ0v) is 7.55. The normalized spacial score (nSPS) is 10.0. The molecule has 50 valence electrons. The van der Waals surface area contributed by atoms with Gasteiger partial charge in [0, 0.05) is 11.0 Å². The molecule has 0 bridgehead atoms. The maximum absolute atomic E-state index is 3.36. The van der Waals surface area contributed by atoms with Crippen LogP contribution in [0, 0.1) is 0 Å². The second kappa shape index (κ2) is 3.32. The fraction of sp³-hybridized carbons (Fsp3) is 0.333. The summed E-state index contributed by atoms with van der Waals surface area (Å²) in [5.41, 5.74) is 1.24. The molecular weight excluding hydrogens is 198 g/mol. The minimum atomic E-state index is 0.910. The van der Waals surface area contributed by atoms with Gasteiger partial charge in [-0.15, -0.1) is 11.8 Å². The van der Waals surface area contributed by atoms with Crippen molar-refractivity contribution in [3.05, 3.63) is 17.8 Å². The van der Waals surface area contributed by atoms with Crippen molar-refractivity contribution < 1.29 is 0 Å². The number of alkyl halides is 1. The van der Waals surface area contributed by atoms with Crippen LogP contribution in [0.5, 0.6) is 0 Å². The third kappa shape index (κ3) is 1.76. The van der Waals surface area contributed by atoms with Gasteiger partial charge in [0.25, 0.3) is 0 Å². The molecule has 0 aliphatic rings. The van der Waals surface area contributed by atoms with E-state index < -0.39 is 0 Å². The van der Waals surface area contributed by atoms with Gasteiger partial charge in [0.1, 0.15) is 0 Å². The number of hydrogen-bond acceptors (Lipinski definition) is 1. The van der Waals surface area contributed by atoms with E-state index in [1.54, 1.807) is 11.8 Å². The van der Waals surface area contributed by atoms with Crippen LogP contribution in [0.1, 0.15) is 5.69 Å². The Morgan fingerprint density at radius 3 is 2.78 bits per heavy atom. The third-order valence-corrected chi connectivity index (χ3v) is 2.37. The second-order valence-electron chi connectivity index (χ2n) is 1.69. The van der Waals surface area contributed by atoms with Crippen molar-refractivity contribution in [1.82, 2.24) is 4.98 Å². The zero-order valence-electron chi connectivity index (χ0n) is 5.15. The summed E-state index contributed by atoms with van der Waals surface area (Å²) in [5, 5.41) is 2.14. The molecule has 0 saturated heterocycles. The van der Waals surface area contributed by atoms with Crippen molar-refractivity contribution in [3.8, 4) is 0 Å². The third-order valence-electron chi connectivity index (χ3n) is 1.08. The Hall–Kier alpha value is 0.110. The Bertz CT molecular complexity index is 166. The minimum Gasteiger partial charge on any atom is -0.353 e. The number of thioether (sulfide) groups is 1. The van der Waals surface area contributed by atoms with Gasteiger partial charge in [-0.1, -0.05) is 15.9 Å². The average molecular weight is 206 g/mol. The lowest BCUT2D eigenvalue weighted by atomic mass is 10.5. The number of hydrogen-bond donors (Lipinski definition) is 1. The van der Waals surface area contributed by atoms with Crippen LogP contribution in [-0.2, 0) is 5.33 Å². The molecule has 9 heavy (non-hydrogen) atoms. The Balaban J connectivity index is 2.74. The maximum atomic E-state index is 3.36. The molecule has 0 atom stereocenters. The van der Waals surface area contributed by atoms with E-state index in [9.17, 15) is 0 Å². The lowest BCUT2D eigenvalue weighted by Crippen LogP contribution is -1.73. The summed E-state index contributed by atoms with van der Waals surface area (Å²) in [7, 11) is 0. The predicted octanol–water partition coefficient (Wildman–Crippen LogP) is 2.63. The first-order chi connectivity index (χ1) is 4.36. The summed E-state index contributed by atoms with van der Waals surface area (Å²) in [6.45, 7) is 0. The first-order valence-corrected chi connectivity index (χ1v) is 4.99. The fourth-order valence-electron chi connectivity index (χ4n) is 0.615. The van der Waals surface area contributed by atoms with E-state index in [4.69, 9.17) is 0 Å². The summed E-state index contributed by atoms with van der Waals surface area (Å²) in [5.74, 6) is 0. The van der Waals surface area contributed by atoms with Gasteiger partial charge >= 0.3 is 0 Å². The van der Waals surface area contributed by atoms with Crippen LogP contribution in [0.25, 0.3) is 0 Å². The molecule has 1 N–H and O–H groups in total. The Kier molecular flexibility index (Phi) is 2.66.